The van der Waals surface area contributed by atoms with E-state index in [4.69, 9.17) is 5.10 Å². The summed E-state index contributed by atoms with van der Waals surface area (Å²) in [5.74, 6) is 1.27. The molecule has 0 bridgehead atoms. The summed E-state index contributed by atoms with van der Waals surface area (Å²) in [6, 6.07) is 22.5. The Bertz CT molecular complexity index is 1250. The molecule has 1 aliphatic heterocycles. The Kier molecular flexibility index (Phi) is 5.35. The summed E-state index contributed by atoms with van der Waals surface area (Å²) in [6.45, 7) is 3.82. The lowest BCUT2D eigenvalue weighted by molar-refractivity contribution is -0.853. The summed E-state index contributed by atoms with van der Waals surface area (Å²) >= 11 is 0. The van der Waals surface area contributed by atoms with Gasteiger partial charge in [0.25, 0.3) is 0 Å². The van der Waals surface area contributed by atoms with Crippen LogP contribution >= 0.6 is 0 Å². The SMILES string of the molecule is CCC[N+]1(Cc2ccc(-c3cccnc3-c3nn[nH]n3)cc2)C=NC(c2ccccc2)=N1. The molecule has 5 rings (SSSR count). The van der Waals surface area contributed by atoms with Crippen molar-refractivity contribution in [2.75, 3.05) is 6.54 Å². The van der Waals surface area contributed by atoms with E-state index >= 15 is 0 Å². The Morgan fingerprint density at radius 2 is 1.75 bits per heavy atom. The average Bonchev–Trinajstić information content (AvgIpc) is 3.52. The molecule has 0 spiro atoms. The van der Waals surface area contributed by atoms with E-state index in [9.17, 15) is 0 Å². The van der Waals surface area contributed by atoms with Crippen LogP contribution in [-0.2, 0) is 6.54 Å². The van der Waals surface area contributed by atoms with Gasteiger partial charge in [-0.15, -0.1) is 10.2 Å². The Morgan fingerprint density at radius 3 is 2.50 bits per heavy atom. The largest absolute Gasteiger partial charge is 0.252 e. The number of benzene rings is 2. The Balaban J connectivity index is 1.42. The molecule has 3 heterocycles. The van der Waals surface area contributed by atoms with Crippen LogP contribution in [0.15, 0.2) is 83.0 Å². The molecule has 4 aromatic rings. The number of nitrogens with one attached hydrogen (secondary N) is 1. The number of quaternary nitrogens is 1. The highest BCUT2D eigenvalue weighted by Gasteiger charge is 2.32. The molecule has 8 nitrogen and oxygen atoms in total. The first-order chi connectivity index (χ1) is 15.8. The van der Waals surface area contributed by atoms with Gasteiger partial charge < -0.3 is 0 Å². The van der Waals surface area contributed by atoms with Crippen molar-refractivity contribution < 1.29 is 4.59 Å². The molecule has 0 amide bonds. The van der Waals surface area contributed by atoms with Crippen molar-refractivity contribution in [2.45, 2.75) is 19.9 Å². The van der Waals surface area contributed by atoms with E-state index in [-0.39, 0.29) is 0 Å². The second-order valence-corrected chi connectivity index (χ2v) is 7.73. The highest BCUT2D eigenvalue weighted by atomic mass is 15.7. The number of tetrazole rings is 1. The summed E-state index contributed by atoms with van der Waals surface area (Å²) in [6.07, 6.45) is 4.71. The van der Waals surface area contributed by atoms with Crippen molar-refractivity contribution in [1.82, 2.24) is 25.6 Å². The topological polar surface area (TPSA) is 92.1 Å². The van der Waals surface area contributed by atoms with Crippen LogP contribution in [0.5, 0.6) is 0 Å². The van der Waals surface area contributed by atoms with E-state index in [0.717, 1.165) is 42.0 Å². The maximum absolute atomic E-state index is 5.00. The van der Waals surface area contributed by atoms with Crippen LogP contribution in [0.2, 0.25) is 0 Å². The van der Waals surface area contributed by atoms with Gasteiger partial charge in [-0.1, -0.05) is 72.7 Å². The van der Waals surface area contributed by atoms with Crippen molar-refractivity contribution in [3.05, 3.63) is 84.1 Å². The van der Waals surface area contributed by atoms with Crippen LogP contribution in [0.4, 0.5) is 0 Å². The summed E-state index contributed by atoms with van der Waals surface area (Å²) in [5, 5.41) is 19.3. The minimum atomic E-state index is 0.473. The van der Waals surface area contributed by atoms with Gasteiger partial charge in [-0.3, -0.25) is 4.98 Å². The first-order valence-electron chi connectivity index (χ1n) is 10.6. The third-order valence-electron chi connectivity index (χ3n) is 5.42. The number of aromatic amines is 1. The van der Waals surface area contributed by atoms with Crippen LogP contribution in [-0.4, -0.2) is 48.9 Å². The highest BCUT2D eigenvalue weighted by molar-refractivity contribution is 6.03. The van der Waals surface area contributed by atoms with Gasteiger partial charge in [-0.05, 0) is 23.3 Å². The van der Waals surface area contributed by atoms with Gasteiger partial charge in [0.15, 0.2) is 0 Å². The van der Waals surface area contributed by atoms with Crippen molar-refractivity contribution in [1.29, 1.82) is 0 Å². The van der Waals surface area contributed by atoms with E-state index in [2.05, 4.69) is 61.8 Å². The van der Waals surface area contributed by atoms with Gasteiger partial charge in [-0.2, -0.15) is 14.8 Å². The molecular weight excluding hydrogens is 400 g/mol. The van der Waals surface area contributed by atoms with Gasteiger partial charge in [0.2, 0.25) is 18.0 Å². The fourth-order valence-electron chi connectivity index (χ4n) is 3.96. The third-order valence-corrected chi connectivity index (χ3v) is 5.42. The van der Waals surface area contributed by atoms with Gasteiger partial charge in [0.05, 0.1) is 0 Å². The summed E-state index contributed by atoms with van der Waals surface area (Å²) < 4.78 is 0.473. The lowest BCUT2D eigenvalue weighted by Crippen LogP contribution is -2.39. The fourth-order valence-corrected chi connectivity index (χ4v) is 3.96. The summed E-state index contributed by atoms with van der Waals surface area (Å²) in [5.41, 5.74) is 4.95. The van der Waals surface area contributed by atoms with Crippen LogP contribution in [0.3, 0.4) is 0 Å². The first-order valence-corrected chi connectivity index (χ1v) is 10.6. The average molecular weight is 424 g/mol. The lowest BCUT2D eigenvalue weighted by Gasteiger charge is -2.24. The van der Waals surface area contributed by atoms with Crippen LogP contribution in [0.25, 0.3) is 22.6 Å². The number of nitrogens with zero attached hydrogens (tertiary/aromatic N) is 7. The van der Waals surface area contributed by atoms with Crippen molar-refractivity contribution in [2.24, 2.45) is 10.1 Å². The number of H-pyrrole nitrogens is 1. The number of rotatable bonds is 7. The zero-order valence-electron chi connectivity index (χ0n) is 17.8. The monoisotopic (exact) mass is 423 g/mol. The molecule has 1 N–H and O–H groups in total. The van der Waals surface area contributed by atoms with Crippen LogP contribution in [0, 0.1) is 0 Å². The van der Waals surface area contributed by atoms with E-state index in [1.165, 1.54) is 5.56 Å². The normalized spacial score (nSPS) is 17.5. The van der Waals surface area contributed by atoms with Crippen molar-refractivity contribution in [3.63, 3.8) is 0 Å². The van der Waals surface area contributed by atoms with Crippen molar-refractivity contribution in [3.8, 4) is 22.6 Å². The molecule has 0 radical (unpaired) electrons. The van der Waals surface area contributed by atoms with Gasteiger partial charge >= 0.3 is 0 Å². The fraction of sp³-hybridized carbons (Fsp3) is 0.167. The molecular formula is C24H23N8+. The van der Waals surface area contributed by atoms with E-state index in [0.29, 0.717) is 16.1 Å². The van der Waals surface area contributed by atoms with Gasteiger partial charge in [0.1, 0.15) is 18.8 Å². The Morgan fingerprint density at radius 1 is 0.906 bits per heavy atom. The zero-order valence-corrected chi connectivity index (χ0v) is 17.8. The first kappa shape index (κ1) is 19.9. The molecule has 2 aromatic heterocycles. The van der Waals surface area contributed by atoms with Gasteiger partial charge in [0, 0.05) is 22.9 Å². The molecule has 2 aromatic carbocycles. The molecule has 0 fully saturated rings. The molecule has 1 aliphatic rings. The predicted octanol–water partition coefficient (Wildman–Crippen LogP) is 4.06. The standard InChI is InChI=1S/C24H23N8/c1-2-15-32(17-26-23(29-32)20-7-4-3-5-8-20)16-18-10-12-19(13-11-18)21-9-6-14-25-22(21)24-27-30-31-28-24/h3-14,17H,2,15-16H2,1H3,(H,27,28,30,31)/q+1. The summed E-state index contributed by atoms with van der Waals surface area (Å²) in [4.78, 5) is 9.10. The minimum Gasteiger partial charge on any atom is -0.252 e. The second-order valence-electron chi connectivity index (χ2n) is 7.73. The minimum absolute atomic E-state index is 0.473. The Labute approximate surface area is 186 Å². The number of hydrogen-bond donors (Lipinski definition) is 1. The molecule has 1 atom stereocenters. The summed E-state index contributed by atoms with van der Waals surface area (Å²) in [7, 11) is 0. The van der Waals surface area contributed by atoms with Crippen LogP contribution in [0.1, 0.15) is 24.5 Å². The lowest BCUT2D eigenvalue weighted by atomic mass is 10.0. The number of hydrogen-bond acceptors (Lipinski definition) is 6. The van der Waals surface area contributed by atoms with Crippen molar-refractivity contribution >= 4 is 12.2 Å². The number of pyridine rings is 1. The number of aromatic nitrogens is 5. The molecule has 8 heteroatoms. The molecule has 0 saturated heterocycles. The quantitative estimate of drug-likeness (QED) is 0.454. The molecule has 1 unspecified atom stereocenters. The predicted molar refractivity (Wildman–Crippen MR) is 123 cm³/mol. The maximum Gasteiger partial charge on any atom is 0.223 e. The second kappa shape index (κ2) is 8.60. The molecule has 0 aliphatic carbocycles. The van der Waals surface area contributed by atoms with Gasteiger partial charge in [-0.25, -0.2) is 0 Å². The third kappa shape index (κ3) is 3.95. The molecule has 158 valence electrons. The van der Waals surface area contributed by atoms with E-state index in [1.807, 2.05) is 48.8 Å². The molecule has 0 saturated carbocycles. The van der Waals surface area contributed by atoms with E-state index < -0.39 is 0 Å². The number of aliphatic imine (C=N–C) groups is 1. The molecule has 32 heavy (non-hydrogen) atoms. The maximum atomic E-state index is 5.00. The Hall–Kier alpha value is -4.04. The van der Waals surface area contributed by atoms with Crippen LogP contribution < -0.4 is 0 Å². The zero-order chi connectivity index (χ0) is 21.8. The number of amidine groups is 1. The highest BCUT2D eigenvalue weighted by Crippen LogP contribution is 2.29. The van der Waals surface area contributed by atoms with E-state index in [1.54, 1.807) is 6.20 Å². The smallest absolute Gasteiger partial charge is 0.223 e.